The third-order valence-corrected chi connectivity index (χ3v) is 2.69. The lowest BCUT2D eigenvalue weighted by Gasteiger charge is -2.31. The van der Waals surface area contributed by atoms with Crippen molar-refractivity contribution < 1.29 is 0 Å². The van der Waals surface area contributed by atoms with Crippen molar-refractivity contribution in [3.63, 3.8) is 0 Å². The van der Waals surface area contributed by atoms with Crippen molar-refractivity contribution in [2.75, 3.05) is 13.1 Å². The van der Waals surface area contributed by atoms with E-state index < -0.39 is 0 Å². The quantitative estimate of drug-likeness (QED) is 0.642. The second-order valence-electron chi connectivity index (χ2n) is 3.64. The first-order valence-corrected chi connectivity index (χ1v) is 4.95. The average Bonchev–Trinajstić information content (AvgIpc) is 2.15. The van der Waals surface area contributed by atoms with Crippen LogP contribution in [0.1, 0.15) is 39.0 Å². The molecule has 0 aromatic heterocycles. The van der Waals surface area contributed by atoms with E-state index in [9.17, 15) is 0 Å². The lowest BCUT2D eigenvalue weighted by molar-refractivity contribution is 0.167. The van der Waals surface area contributed by atoms with E-state index in [1.165, 1.54) is 32.4 Å². The Morgan fingerprint density at radius 2 is 2.00 bits per heavy atom. The molecule has 0 spiro atoms. The number of hydrogen-bond donors (Lipinski definition) is 0. The first-order valence-electron chi connectivity index (χ1n) is 4.95. The Labute approximate surface area is 75.2 Å². The number of rotatable bonds is 3. The van der Waals surface area contributed by atoms with Gasteiger partial charge < -0.3 is 4.90 Å². The normalized spacial score (nSPS) is 21.7. The van der Waals surface area contributed by atoms with Gasteiger partial charge in [-0.3, -0.25) is 0 Å². The molecule has 1 rings (SSSR count). The van der Waals surface area contributed by atoms with Crippen LogP contribution in [0.5, 0.6) is 0 Å². The summed E-state index contributed by atoms with van der Waals surface area (Å²) in [6, 6.07) is 2.83. The molecule has 68 valence electrons. The van der Waals surface area contributed by atoms with Crippen LogP contribution >= 0.6 is 0 Å². The molecule has 1 aliphatic rings. The molecule has 0 N–H and O–H groups in total. The van der Waals surface area contributed by atoms with E-state index in [1.54, 1.807) is 0 Å². The predicted molar refractivity (Wildman–Crippen MR) is 49.7 cm³/mol. The molecule has 0 bridgehead atoms. The summed E-state index contributed by atoms with van der Waals surface area (Å²) in [5.41, 5.74) is 0. The lowest BCUT2D eigenvalue weighted by Crippen LogP contribution is -2.37. The fraction of sp³-hybridized carbons (Fsp3) is 0.900. The average molecular weight is 166 g/mol. The van der Waals surface area contributed by atoms with E-state index in [2.05, 4.69) is 17.9 Å². The van der Waals surface area contributed by atoms with Crippen LogP contribution in [0.4, 0.5) is 0 Å². The maximum Gasteiger partial charge on any atom is 0.0622 e. The summed E-state index contributed by atoms with van der Waals surface area (Å²) in [5, 5.41) is 8.44. The van der Waals surface area contributed by atoms with Gasteiger partial charge in [-0.2, -0.15) is 5.26 Å². The molecule has 1 fully saturated rings. The highest BCUT2D eigenvalue weighted by molar-refractivity contribution is 4.76. The molecule has 0 aromatic rings. The van der Waals surface area contributed by atoms with Crippen molar-refractivity contribution in [1.29, 1.82) is 5.26 Å². The topological polar surface area (TPSA) is 27.0 Å². The summed E-state index contributed by atoms with van der Waals surface area (Å²) in [6.07, 6.45) is 5.82. The van der Waals surface area contributed by atoms with Gasteiger partial charge in [-0.1, -0.05) is 6.42 Å². The van der Waals surface area contributed by atoms with E-state index in [0.29, 0.717) is 12.5 Å². The van der Waals surface area contributed by atoms with Crippen LogP contribution in [-0.2, 0) is 0 Å². The molecule has 12 heavy (non-hydrogen) atoms. The smallest absolute Gasteiger partial charge is 0.0622 e. The number of hydrogen-bond acceptors (Lipinski definition) is 2. The van der Waals surface area contributed by atoms with E-state index in [4.69, 9.17) is 5.26 Å². The Bertz CT molecular complexity index is 154. The van der Waals surface area contributed by atoms with Crippen LogP contribution in [0.3, 0.4) is 0 Å². The monoisotopic (exact) mass is 166 g/mol. The van der Waals surface area contributed by atoms with Gasteiger partial charge in [-0.05, 0) is 39.3 Å². The molecule has 0 saturated carbocycles. The minimum Gasteiger partial charge on any atom is -0.301 e. The minimum atomic E-state index is 0.616. The zero-order valence-electron chi connectivity index (χ0n) is 7.92. The number of nitriles is 1. The maximum absolute atomic E-state index is 8.44. The van der Waals surface area contributed by atoms with Crippen molar-refractivity contribution in [2.24, 2.45) is 0 Å². The SMILES string of the molecule is CC(CCC#N)N1CCCCC1. The molecule has 0 radical (unpaired) electrons. The van der Waals surface area contributed by atoms with Crippen molar-refractivity contribution in [1.82, 2.24) is 4.90 Å². The van der Waals surface area contributed by atoms with Gasteiger partial charge in [0.2, 0.25) is 0 Å². The summed E-state index contributed by atoms with van der Waals surface area (Å²) >= 11 is 0. The van der Waals surface area contributed by atoms with Crippen LogP contribution in [0.15, 0.2) is 0 Å². The van der Waals surface area contributed by atoms with Gasteiger partial charge in [-0.25, -0.2) is 0 Å². The highest BCUT2D eigenvalue weighted by atomic mass is 15.1. The molecular weight excluding hydrogens is 148 g/mol. The van der Waals surface area contributed by atoms with Gasteiger partial charge >= 0.3 is 0 Å². The maximum atomic E-state index is 8.44. The van der Waals surface area contributed by atoms with E-state index in [1.807, 2.05) is 0 Å². The molecule has 1 saturated heterocycles. The van der Waals surface area contributed by atoms with E-state index in [0.717, 1.165) is 6.42 Å². The second kappa shape index (κ2) is 5.16. The summed E-state index contributed by atoms with van der Waals surface area (Å²) in [4.78, 5) is 2.51. The molecule has 1 heterocycles. The fourth-order valence-electron chi connectivity index (χ4n) is 1.82. The van der Waals surface area contributed by atoms with Crippen LogP contribution in [0.25, 0.3) is 0 Å². The lowest BCUT2D eigenvalue weighted by atomic mass is 10.1. The van der Waals surface area contributed by atoms with Gasteiger partial charge in [-0.15, -0.1) is 0 Å². The van der Waals surface area contributed by atoms with Gasteiger partial charge in [0, 0.05) is 12.5 Å². The molecule has 0 aromatic carbocycles. The molecular formula is C10H18N2. The molecule has 1 atom stereocenters. The Hall–Kier alpha value is -0.550. The Kier molecular flexibility index (Phi) is 4.10. The first-order chi connectivity index (χ1) is 5.84. The highest BCUT2D eigenvalue weighted by Gasteiger charge is 2.15. The molecule has 2 heteroatoms. The van der Waals surface area contributed by atoms with Crippen molar-refractivity contribution >= 4 is 0 Å². The molecule has 1 unspecified atom stereocenters. The summed E-state index contributed by atoms with van der Waals surface area (Å²) in [7, 11) is 0. The molecule has 0 aliphatic carbocycles. The van der Waals surface area contributed by atoms with Crippen molar-refractivity contribution in [2.45, 2.75) is 45.1 Å². The first kappa shape index (κ1) is 9.54. The molecule has 0 amide bonds. The standard InChI is InChI=1S/C10H18N2/c1-10(6-5-7-11)12-8-3-2-4-9-12/h10H,2-6,8-9H2,1H3. The van der Waals surface area contributed by atoms with Crippen LogP contribution < -0.4 is 0 Å². The summed E-state index contributed by atoms with van der Waals surface area (Å²) in [5.74, 6) is 0. The van der Waals surface area contributed by atoms with Crippen LogP contribution in [-0.4, -0.2) is 24.0 Å². The highest BCUT2D eigenvalue weighted by Crippen LogP contribution is 2.14. The zero-order chi connectivity index (χ0) is 8.81. The predicted octanol–water partition coefficient (Wildman–Crippen LogP) is 2.16. The summed E-state index contributed by atoms with van der Waals surface area (Å²) < 4.78 is 0. The van der Waals surface area contributed by atoms with Gasteiger partial charge in [0.15, 0.2) is 0 Å². The third kappa shape index (κ3) is 2.83. The number of piperidine rings is 1. The number of nitrogens with zero attached hydrogens (tertiary/aromatic N) is 2. The van der Waals surface area contributed by atoms with Crippen molar-refractivity contribution in [3.8, 4) is 6.07 Å². The Balaban J connectivity index is 2.21. The van der Waals surface area contributed by atoms with Gasteiger partial charge in [0.1, 0.15) is 0 Å². The Morgan fingerprint density at radius 3 is 2.58 bits per heavy atom. The van der Waals surface area contributed by atoms with Crippen LogP contribution in [0.2, 0.25) is 0 Å². The zero-order valence-corrected chi connectivity index (χ0v) is 7.92. The number of likely N-dealkylation sites (tertiary alicyclic amines) is 1. The molecule has 1 aliphatic heterocycles. The Morgan fingerprint density at radius 1 is 1.33 bits per heavy atom. The fourth-order valence-corrected chi connectivity index (χ4v) is 1.82. The van der Waals surface area contributed by atoms with Crippen LogP contribution in [0, 0.1) is 11.3 Å². The van der Waals surface area contributed by atoms with Gasteiger partial charge in [0.05, 0.1) is 6.07 Å². The third-order valence-electron chi connectivity index (χ3n) is 2.69. The largest absolute Gasteiger partial charge is 0.301 e. The second-order valence-corrected chi connectivity index (χ2v) is 3.64. The van der Waals surface area contributed by atoms with E-state index in [-0.39, 0.29) is 0 Å². The minimum absolute atomic E-state index is 0.616. The van der Waals surface area contributed by atoms with E-state index >= 15 is 0 Å². The van der Waals surface area contributed by atoms with Crippen molar-refractivity contribution in [3.05, 3.63) is 0 Å². The van der Waals surface area contributed by atoms with Gasteiger partial charge in [0.25, 0.3) is 0 Å². The summed E-state index contributed by atoms with van der Waals surface area (Å²) in [6.45, 7) is 4.72. The molecule has 2 nitrogen and oxygen atoms in total.